The van der Waals surface area contributed by atoms with Crippen molar-refractivity contribution >= 4 is 12.4 Å². The Morgan fingerprint density at radius 1 is 0.600 bits per heavy atom. The number of aliphatic hydroxyl groups is 1. The third kappa shape index (κ3) is 37.2. The minimum atomic E-state index is 0.0168. The zero-order valence-electron chi connectivity index (χ0n) is 31.0. The lowest BCUT2D eigenvalue weighted by atomic mass is 10.0. The molecule has 0 saturated heterocycles. The zero-order chi connectivity index (χ0) is 33.6. The van der Waals surface area contributed by atoms with E-state index in [4.69, 9.17) is 9.47 Å². The van der Waals surface area contributed by atoms with Crippen molar-refractivity contribution in [3.8, 4) is 0 Å². The lowest BCUT2D eigenvalue weighted by molar-refractivity contribution is -0.150. The van der Waals surface area contributed by atoms with Crippen LogP contribution in [0.25, 0.3) is 0 Å². The minimum Gasteiger partial charge on any atom is -0.465 e. The van der Waals surface area contributed by atoms with Crippen molar-refractivity contribution in [1.82, 2.24) is 4.90 Å². The topological polar surface area (TPSA) is 76.1 Å². The van der Waals surface area contributed by atoms with Gasteiger partial charge in [0, 0.05) is 13.0 Å². The molecule has 0 aliphatic rings. The fraction of sp³-hybridized carbons (Fsp3) is 0.949. The predicted octanol–water partition coefficient (Wildman–Crippen LogP) is 11.0. The molecule has 0 bridgehead atoms. The van der Waals surface area contributed by atoms with Crippen molar-refractivity contribution in [2.75, 3.05) is 26.2 Å². The molecule has 0 rings (SSSR count). The molecule has 6 nitrogen and oxygen atoms in total. The highest BCUT2D eigenvalue weighted by Gasteiger charge is 2.14. The number of unbranched alkanes of at least 4 members (excludes halogenated alkanes) is 17. The molecule has 0 saturated carbocycles. The van der Waals surface area contributed by atoms with Gasteiger partial charge in [-0.2, -0.15) is 0 Å². The van der Waals surface area contributed by atoms with Crippen LogP contribution in [0, 0.1) is 0 Å². The van der Waals surface area contributed by atoms with Gasteiger partial charge in [0.25, 0.3) is 6.47 Å². The van der Waals surface area contributed by atoms with Gasteiger partial charge < -0.3 is 19.5 Å². The molecule has 0 fully saturated rings. The average Bonchev–Trinajstić information content (AvgIpc) is 3.03. The van der Waals surface area contributed by atoms with E-state index in [0.717, 1.165) is 51.7 Å². The summed E-state index contributed by atoms with van der Waals surface area (Å²) < 4.78 is 10.6. The van der Waals surface area contributed by atoms with Gasteiger partial charge >= 0.3 is 5.97 Å². The monoisotopic (exact) mass is 642 g/mol. The molecule has 0 heterocycles. The number of aliphatic hydroxyl groups excluding tert-OH is 1. The van der Waals surface area contributed by atoms with Gasteiger partial charge in [0.2, 0.25) is 0 Å². The molecule has 0 aromatic heterocycles. The van der Waals surface area contributed by atoms with Crippen LogP contribution in [0.1, 0.15) is 202 Å². The molecular weight excluding hydrogens is 562 g/mol. The average molecular weight is 642 g/mol. The molecule has 45 heavy (non-hydrogen) atoms. The van der Waals surface area contributed by atoms with E-state index in [9.17, 15) is 14.7 Å². The van der Waals surface area contributed by atoms with Crippen LogP contribution in [0.4, 0.5) is 0 Å². The van der Waals surface area contributed by atoms with Gasteiger partial charge in [-0.3, -0.25) is 9.59 Å². The summed E-state index contributed by atoms with van der Waals surface area (Å²) in [6.07, 6.45) is 31.0. The summed E-state index contributed by atoms with van der Waals surface area (Å²) in [7, 11) is 0. The number of hydrogen-bond acceptors (Lipinski definition) is 6. The van der Waals surface area contributed by atoms with E-state index < -0.39 is 0 Å². The molecule has 0 radical (unpaired) electrons. The fourth-order valence-electron chi connectivity index (χ4n) is 5.68. The SMILES string of the molecule is CCCCCCC(CCCCC)OC(=O)CCCCCCCN(CCO)CCCCCC.CCCCCCCCC(C)OC=O. The van der Waals surface area contributed by atoms with E-state index in [1.165, 1.54) is 128 Å². The number of ether oxygens (including phenoxy) is 2. The van der Waals surface area contributed by atoms with Gasteiger partial charge in [0.15, 0.2) is 0 Å². The Labute approximate surface area is 281 Å². The van der Waals surface area contributed by atoms with Crippen LogP contribution in [0.5, 0.6) is 0 Å². The largest absolute Gasteiger partial charge is 0.465 e. The quantitative estimate of drug-likeness (QED) is 0.0428. The molecule has 0 aliphatic carbocycles. The molecule has 2 unspecified atom stereocenters. The van der Waals surface area contributed by atoms with Crippen LogP contribution in [-0.4, -0.2) is 60.9 Å². The Kier molecular flexibility index (Phi) is 39.9. The molecule has 2 atom stereocenters. The van der Waals surface area contributed by atoms with Crippen LogP contribution in [-0.2, 0) is 19.1 Å². The third-order valence-electron chi connectivity index (χ3n) is 8.66. The van der Waals surface area contributed by atoms with Gasteiger partial charge in [-0.15, -0.1) is 0 Å². The number of carbonyl (C=O) groups excluding carboxylic acids is 2. The Morgan fingerprint density at radius 2 is 1.02 bits per heavy atom. The minimum absolute atomic E-state index is 0.0168. The third-order valence-corrected chi connectivity index (χ3v) is 8.66. The van der Waals surface area contributed by atoms with Crippen LogP contribution < -0.4 is 0 Å². The summed E-state index contributed by atoms with van der Waals surface area (Å²) in [5, 5.41) is 9.27. The van der Waals surface area contributed by atoms with Crippen LogP contribution in [0.2, 0.25) is 0 Å². The highest BCUT2D eigenvalue weighted by molar-refractivity contribution is 5.69. The first-order valence-electron chi connectivity index (χ1n) is 19.6. The lowest BCUT2D eigenvalue weighted by Crippen LogP contribution is -2.29. The number of rotatable bonds is 34. The van der Waals surface area contributed by atoms with Crippen molar-refractivity contribution in [3.63, 3.8) is 0 Å². The van der Waals surface area contributed by atoms with Gasteiger partial charge in [-0.05, 0) is 77.8 Å². The van der Waals surface area contributed by atoms with Crippen molar-refractivity contribution in [1.29, 1.82) is 0 Å². The van der Waals surface area contributed by atoms with E-state index in [1.807, 2.05) is 6.92 Å². The Morgan fingerprint density at radius 3 is 1.58 bits per heavy atom. The smallest absolute Gasteiger partial charge is 0.306 e. The van der Waals surface area contributed by atoms with Crippen molar-refractivity contribution in [2.45, 2.75) is 214 Å². The van der Waals surface area contributed by atoms with E-state index in [2.05, 4.69) is 32.6 Å². The summed E-state index contributed by atoms with van der Waals surface area (Å²) in [6, 6.07) is 0. The standard InChI is InChI=1S/C28H57NO3.C11H22O2/c1-4-7-10-16-21-27(20-15-9-6-3)32-28(31)22-17-13-12-14-19-24-29(25-26-30)23-18-11-8-5-2;1-3-4-5-6-7-8-9-11(2)13-10-12/h27,30H,4-26H2,1-3H3;10-11H,3-9H2,1-2H3. The lowest BCUT2D eigenvalue weighted by Gasteiger charge is -2.21. The summed E-state index contributed by atoms with van der Waals surface area (Å²) in [6.45, 7) is 14.7. The second-order valence-electron chi connectivity index (χ2n) is 13.2. The second-order valence-corrected chi connectivity index (χ2v) is 13.2. The summed E-state index contributed by atoms with van der Waals surface area (Å²) in [4.78, 5) is 24.7. The van der Waals surface area contributed by atoms with E-state index in [-0.39, 0.29) is 24.8 Å². The molecule has 0 spiro atoms. The zero-order valence-corrected chi connectivity index (χ0v) is 31.0. The van der Waals surface area contributed by atoms with E-state index in [1.54, 1.807) is 0 Å². The Bertz CT molecular complexity index is 588. The normalized spacial score (nSPS) is 12.4. The van der Waals surface area contributed by atoms with Gasteiger partial charge in [-0.1, -0.05) is 130 Å². The van der Waals surface area contributed by atoms with Gasteiger partial charge in [0.05, 0.1) is 12.7 Å². The number of esters is 1. The molecular formula is C39H79NO5. The molecule has 0 aromatic carbocycles. The Hall–Kier alpha value is -1.14. The number of carbonyl (C=O) groups is 2. The molecule has 0 amide bonds. The fourth-order valence-corrected chi connectivity index (χ4v) is 5.68. The maximum Gasteiger partial charge on any atom is 0.306 e. The molecule has 270 valence electrons. The first kappa shape index (κ1) is 46.0. The molecule has 0 aliphatic heterocycles. The van der Waals surface area contributed by atoms with Crippen LogP contribution >= 0.6 is 0 Å². The van der Waals surface area contributed by atoms with Crippen LogP contribution in [0.3, 0.4) is 0 Å². The van der Waals surface area contributed by atoms with Crippen LogP contribution in [0.15, 0.2) is 0 Å². The summed E-state index contributed by atoms with van der Waals surface area (Å²) in [5.41, 5.74) is 0. The second kappa shape index (κ2) is 39.0. The number of nitrogens with zero attached hydrogens (tertiary/aromatic N) is 1. The van der Waals surface area contributed by atoms with E-state index in [0.29, 0.717) is 12.9 Å². The highest BCUT2D eigenvalue weighted by atomic mass is 16.5. The first-order valence-corrected chi connectivity index (χ1v) is 19.6. The van der Waals surface area contributed by atoms with E-state index >= 15 is 0 Å². The maximum atomic E-state index is 12.3. The first-order chi connectivity index (χ1) is 22.0. The van der Waals surface area contributed by atoms with Gasteiger partial charge in [-0.25, -0.2) is 0 Å². The van der Waals surface area contributed by atoms with Crippen molar-refractivity contribution in [3.05, 3.63) is 0 Å². The summed E-state index contributed by atoms with van der Waals surface area (Å²) >= 11 is 0. The maximum absolute atomic E-state index is 12.3. The predicted molar refractivity (Wildman–Crippen MR) is 193 cm³/mol. The van der Waals surface area contributed by atoms with Crippen molar-refractivity contribution in [2.24, 2.45) is 0 Å². The van der Waals surface area contributed by atoms with Crippen molar-refractivity contribution < 1.29 is 24.2 Å². The summed E-state index contributed by atoms with van der Waals surface area (Å²) in [5.74, 6) is 0.0168. The molecule has 1 N–H and O–H groups in total. The highest BCUT2D eigenvalue weighted by Crippen LogP contribution is 2.17. The number of hydrogen-bond donors (Lipinski definition) is 1. The van der Waals surface area contributed by atoms with Gasteiger partial charge in [0.1, 0.15) is 6.10 Å². The molecule has 6 heteroatoms. The Balaban J connectivity index is 0. The molecule has 0 aromatic rings.